The summed E-state index contributed by atoms with van der Waals surface area (Å²) >= 11 is 5.91. The van der Waals surface area contributed by atoms with Crippen LogP contribution in [0.15, 0.2) is 113 Å². The fraction of sp³-hybridized carbons (Fsp3) is 0.0690. The van der Waals surface area contributed by atoms with Crippen molar-refractivity contribution < 1.29 is 27.7 Å². The molecule has 0 heterocycles. The van der Waals surface area contributed by atoms with Crippen LogP contribution in [0.5, 0.6) is 5.75 Å². The second-order valence-electron chi connectivity index (χ2n) is 8.81. The predicted octanol–water partition coefficient (Wildman–Crippen LogP) is 4.61. The molecule has 2 amide bonds. The Morgan fingerprint density at radius 3 is 2.35 bits per heavy atom. The Morgan fingerprint density at radius 2 is 1.65 bits per heavy atom. The van der Waals surface area contributed by atoms with E-state index in [4.69, 9.17) is 16.3 Å². The first-order chi connectivity index (χ1) is 20.6. The molecule has 14 heteroatoms. The van der Waals surface area contributed by atoms with Gasteiger partial charge in [0.05, 0.1) is 21.7 Å². The number of sulfonamides is 1. The number of nitro groups is 1. The average Bonchev–Trinajstić information content (AvgIpc) is 3.00. The van der Waals surface area contributed by atoms with Crippen LogP contribution in [0, 0.1) is 10.1 Å². The third-order valence-corrected chi connectivity index (χ3v) is 7.73. The van der Waals surface area contributed by atoms with Gasteiger partial charge in [0.2, 0.25) is 0 Å². The number of hydrogen-bond donors (Lipinski definition) is 2. The monoisotopic (exact) mass is 621 g/mol. The van der Waals surface area contributed by atoms with Crippen LogP contribution in [0.3, 0.4) is 0 Å². The molecular formula is C29H24ClN5O7S. The summed E-state index contributed by atoms with van der Waals surface area (Å²) in [4.78, 5) is 35.4. The number of non-ortho nitro benzene ring substituents is 1. The summed E-state index contributed by atoms with van der Waals surface area (Å²) in [5.74, 6) is -0.738. The van der Waals surface area contributed by atoms with Crippen LogP contribution in [-0.4, -0.2) is 44.5 Å². The normalized spacial score (nSPS) is 11.1. The SMILES string of the molecule is O=C(CN(c1cccc([N+](=O)[O-])c1)S(=O)(=O)c1ccccc1)N/N=C\c1ccc(OCC(=O)Nc2cccc(Cl)c2)cc1. The molecule has 2 N–H and O–H groups in total. The Labute approximate surface area is 251 Å². The number of carbonyl (C=O) groups excluding carboxylic acids is 2. The topological polar surface area (TPSA) is 160 Å². The number of rotatable bonds is 12. The number of hydrazone groups is 1. The summed E-state index contributed by atoms with van der Waals surface area (Å²) in [6.07, 6.45) is 1.33. The Balaban J connectivity index is 1.37. The lowest BCUT2D eigenvalue weighted by atomic mass is 10.2. The van der Waals surface area contributed by atoms with Crippen molar-refractivity contribution in [1.82, 2.24) is 5.43 Å². The molecule has 4 aromatic rings. The highest BCUT2D eigenvalue weighted by molar-refractivity contribution is 7.92. The Morgan fingerprint density at radius 1 is 0.930 bits per heavy atom. The highest BCUT2D eigenvalue weighted by atomic mass is 35.5. The Bertz CT molecular complexity index is 1750. The average molecular weight is 622 g/mol. The summed E-state index contributed by atoms with van der Waals surface area (Å²) < 4.78 is 33.0. The van der Waals surface area contributed by atoms with E-state index in [2.05, 4.69) is 15.8 Å². The second kappa shape index (κ2) is 14.1. The Hall–Kier alpha value is -5.27. The molecule has 0 atom stereocenters. The summed E-state index contributed by atoms with van der Waals surface area (Å²) in [6, 6.07) is 25.5. The van der Waals surface area contributed by atoms with Crippen LogP contribution in [0.4, 0.5) is 17.1 Å². The third-order valence-electron chi connectivity index (χ3n) is 5.71. The third kappa shape index (κ3) is 8.61. The molecule has 0 saturated carbocycles. The van der Waals surface area contributed by atoms with E-state index >= 15 is 0 Å². The van der Waals surface area contributed by atoms with E-state index in [0.717, 1.165) is 10.4 Å². The zero-order valence-corrected chi connectivity index (χ0v) is 23.9. The molecule has 12 nitrogen and oxygen atoms in total. The number of nitrogens with zero attached hydrogens (tertiary/aromatic N) is 3. The van der Waals surface area contributed by atoms with Crippen molar-refractivity contribution in [3.63, 3.8) is 0 Å². The van der Waals surface area contributed by atoms with Crippen molar-refractivity contribution in [1.29, 1.82) is 0 Å². The van der Waals surface area contributed by atoms with Gasteiger partial charge in [0.1, 0.15) is 12.3 Å². The first kappa shape index (κ1) is 30.7. The van der Waals surface area contributed by atoms with Crippen molar-refractivity contribution in [3.8, 4) is 5.75 Å². The second-order valence-corrected chi connectivity index (χ2v) is 11.1. The smallest absolute Gasteiger partial charge is 0.271 e. The summed E-state index contributed by atoms with van der Waals surface area (Å²) in [5, 5.41) is 18.3. The number of nitrogens with one attached hydrogen (secondary N) is 2. The number of hydrogen-bond acceptors (Lipinski definition) is 8. The zero-order valence-electron chi connectivity index (χ0n) is 22.3. The summed E-state index contributed by atoms with van der Waals surface area (Å²) in [7, 11) is -4.26. The molecule has 0 fully saturated rings. The summed E-state index contributed by atoms with van der Waals surface area (Å²) in [5.41, 5.74) is 2.99. The van der Waals surface area contributed by atoms with Gasteiger partial charge in [-0.1, -0.05) is 41.9 Å². The van der Waals surface area contributed by atoms with Gasteiger partial charge in [-0.2, -0.15) is 5.10 Å². The zero-order chi connectivity index (χ0) is 30.8. The van der Waals surface area contributed by atoms with Crippen LogP contribution in [-0.2, 0) is 19.6 Å². The van der Waals surface area contributed by atoms with Crippen molar-refractivity contribution in [2.45, 2.75) is 4.90 Å². The fourth-order valence-corrected chi connectivity index (χ4v) is 5.33. The number of ether oxygens (including phenoxy) is 1. The van der Waals surface area contributed by atoms with Gasteiger partial charge in [0.25, 0.3) is 27.5 Å². The maximum Gasteiger partial charge on any atom is 0.271 e. The number of anilines is 2. The molecule has 0 aliphatic rings. The Kier molecular flexibility index (Phi) is 10.0. The first-order valence-corrected chi connectivity index (χ1v) is 14.4. The molecule has 0 aliphatic heterocycles. The minimum Gasteiger partial charge on any atom is -0.484 e. The first-order valence-electron chi connectivity index (χ1n) is 12.5. The number of benzene rings is 4. The molecule has 220 valence electrons. The molecule has 43 heavy (non-hydrogen) atoms. The molecule has 4 aromatic carbocycles. The highest BCUT2D eigenvalue weighted by Gasteiger charge is 2.28. The molecular weight excluding hydrogens is 598 g/mol. The standard InChI is InChI=1S/C29H24ClN5O7S/c30-22-6-4-7-23(16-22)32-29(37)20-42-26-14-12-21(13-15-26)18-31-33-28(36)19-34(24-8-5-9-25(17-24)35(38)39)43(40,41)27-10-2-1-3-11-27/h1-18H,19-20H2,(H,32,37)(H,33,36)/b31-18-. The lowest BCUT2D eigenvalue weighted by Crippen LogP contribution is -2.39. The highest BCUT2D eigenvalue weighted by Crippen LogP contribution is 2.27. The largest absolute Gasteiger partial charge is 0.484 e. The van der Waals surface area contributed by atoms with E-state index in [1.54, 1.807) is 54.6 Å². The van der Waals surface area contributed by atoms with E-state index in [1.807, 2.05) is 0 Å². The van der Waals surface area contributed by atoms with Gasteiger partial charge in [0.15, 0.2) is 6.61 Å². The van der Waals surface area contributed by atoms with Crippen LogP contribution in [0.25, 0.3) is 0 Å². The molecule has 0 saturated heterocycles. The molecule has 0 aliphatic carbocycles. The van der Waals surface area contributed by atoms with E-state index in [0.29, 0.717) is 22.0 Å². The lowest BCUT2D eigenvalue weighted by molar-refractivity contribution is -0.384. The lowest BCUT2D eigenvalue weighted by Gasteiger charge is -2.23. The predicted molar refractivity (Wildman–Crippen MR) is 162 cm³/mol. The molecule has 0 unspecified atom stereocenters. The van der Waals surface area contributed by atoms with Gasteiger partial charge >= 0.3 is 0 Å². The quantitative estimate of drug-likeness (QED) is 0.133. The van der Waals surface area contributed by atoms with Gasteiger partial charge in [-0.05, 0) is 66.2 Å². The van der Waals surface area contributed by atoms with Crippen LogP contribution in [0.2, 0.25) is 5.02 Å². The maximum absolute atomic E-state index is 13.4. The minimum absolute atomic E-state index is 0.0611. The number of amides is 2. The molecule has 4 rings (SSSR count). The van der Waals surface area contributed by atoms with E-state index < -0.39 is 27.4 Å². The van der Waals surface area contributed by atoms with E-state index in [9.17, 15) is 28.1 Å². The minimum atomic E-state index is -4.26. The van der Waals surface area contributed by atoms with Crippen LogP contribution in [0.1, 0.15) is 5.56 Å². The van der Waals surface area contributed by atoms with E-state index in [1.165, 1.54) is 48.7 Å². The van der Waals surface area contributed by atoms with Crippen molar-refractivity contribution in [3.05, 3.63) is 124 Å². The van der Waals surface area contributed by atoms with Gasteiger partial charge in [-0.3, -0.25) is 24.0 Å². The van der Waals surface area contributed by atoms with Crippen LogP contribution < -0.4 is 19.8 Å². The van der Waals surface area contributed by atoms with Gasteiger partial charge in [0, 0.05) is 22.8 Å². The number of halogens is 1. The molecule has 0 spiro atoms. The fourth-order valence-electron chi connectivity index (χ4n) is 3.70. The summed E-state index contributed by atoms with van der Waals surface area (Å²) in [6.45, 7) is -0.928. The number of nitro benzene ring substituents is 1. The molecule has 0 aromatic heterocycles. The van der Waals surface area contributed by atoms with Gasteiger partial charge < -0.3 is 10.1 Å². The van der Waals surface area contributed by atoms with Crippen LogP contribution >= 0.6 is 11.6 Å². The molecule has 0 radical (unpaired) electrons. The maximum atomic E-state index is 13.4. The van der Waals surface area contributed by atoms with Gasteiger partial charge in [-0.25, -0.2) is 13.8 Å². The van der Waals surface area contributed by atoms with Crippen molar-refractivity contribution in [2.75, 3.05) is 22.8 Å². The number of carbonyl (C=O) groups is 2. The van der Waals surface area contributed by atoms with E-state index in [-0.39, 0.29) is 28.8 Å². The van der Waals surface area contributed by atoms with Gasteiger partial charge in [-0.15, -0.1) is 0 Å². The van der Waals surface area contributed by atoms with Crippen molar-refractivity contribution in [2.24, 2.45) is 5.10 Å². The van der Waals surface area contributed by atoms with Crippen molar-refractivity contribution >= 4 is 56.7 Å². The molecule has 0 bridgehead atoms.